The van der Waals surface area contributed by atoms with Gasteiger partial charge in [-0.25, -0.2) is 8.42 Å². The highest BCUT2D eigenvalue weighted by atomic mass is 35.5. The number of rotatable bonds is 7. The molecule has 5 rings (SSSR count). The highest BCUT2D eigenvalue weighted by Gasteiger charge is 2.38. The van der Waals surface area contributed by atoms with E-state index >= 15 is 0 Å². The first-order valence-corrected chi connectivity index (χ1v) is 14.5. The van der Waals surface area contributed by atoms with Crippen LogP contribution in [0.15, 0.2) is 65.6 Å². The highest BCUT2D eigenvalue weighted by molar-refractivity contribution is 7.92. The van der Waals surface area contributed by atoms with Crippen molar-refractivity contribution in [1.82, 2.24) is 0 Å². The van der Waals surface area contributed by atoms with E-state index in [2.05, 4.69) is 0 Å². The van der Waals surface area contributed by atoms with Crippen molar-refractivity contribution in [1.29, 1.82) is 0 Å². The fourth-order valence-corrected chi connectivity index (χ4v) is 7.05. The Bertz CT molecular complexity index is 1540. The summed E-state index contributed by atoms with van der Waals surface area (Å²) in [6.07, 6.45) is -5.79. The summed E-state index contributed by atoms with van der Waals surface area (Å²) < 4.78 is 74.5. The monoisotopic (exact) mass is 614 g/mol. The van der Waals surface area contributed by atoms with E-state index < -0.39 is 38.7 Å². The quantitative estimate of drug-likeness (QED) is 0.330. The number of benzene rings is 3. The maximum Gasteiger partial charge on any atom is 0.416 e. The topological polar surface area (TPSA) is 87.2 Å². The van der Waals surface area contributed by atoms with Crippen molar-refractivity contribution < 1.29 is 36.2 Å². The summed E-state index contributed by atoms with van der Waals surface area (Å²) in [6.45, 7) is 0.865. The fourth-order valence-electron chi connectivity index (χ4n) is 4.87. The van der Waals surface area contributed by atoms with E-state index in [-0.39, 0.29) is 36.7 Å². The molecule has 0 bridgehead atoms. The van der Waals surface area contributed by atoms with Crippen molar-refractivity contribution in [3.05, 3.63) is 81.8 Å². The van der Waals surface area contributed by atoms with E-state index in [9.17, 15) is 26.4 Å². The van der Waals surface area contributed by atoms with Gasteiger partial charge in [0.25, 0.3) is 10.0 Å². The average Bonchev–Trinajstić information content (AvgIpc) is 2.87. The van der Waals surface area contributed by atoms with E-state index in [0.29, 0.717) is 34.9 Å². The maximum absolute atomic E-state index is 13.7. The first-order chi connectivity index (χ1) is 18.8. The maximum atomic E-state index is 13.7. The number of ether oxygens (including phenoxy) is 1. The number of carboxylic acids is 1. The Balaban J connectivity index is 1.48. The van der Waals surface area contributed by atoms with Crippen LogP contribution in [0.4, 0.5) is 24.5 Å². The van der Waals surface area contributed by atoms with Gasteiger partial charge >= 0.3 is 12.1 Å². The summed E-state index contributed by atoms with van der Waals surface area (Å²) >= 11 is 12.7. The highest BCUT2D eigenvalue weighted by Crippen LogP contribution is 2.44. The standard InChI is InChI=1S/C27H23Cl2F3N2O5S/c28-21-5-2-6-22(29)26(21)33-13-17(14-33)16-7-9-24-23(11-16)34(15-19(39-24)8-10-25(35)36)40(37,38)20-4-1-3-18(12-20)27(30,31)32/h1-7,9,11-12,17,19H,8,10,13-15H2,(H,35,36). The summed E-state index contributed by atoms with van der Waals surface area (Å²) in [5.41, 5.74) is 0.593. The zero-order valence-corrected chi connectivity index (χ0v) is 23.1. The Morgan fingerprint density at radius 1 is 1.00 bits per heavy atom. The molecule has 1 N–H and O–H groups in total. The second-order valence-electron chi connectivity index (χ2n) is 9.63. The molecule has 1 atom stereocenters. The SMILES string of the molecule is O=C(O)CCC1CN(S(=O)(=O)c2cccc(C(F)(F)F)c2)c2cc(C3CN(c4c(Cl)cccc4Cl)C3)ccc2O1. The molecule has 2 aliphatic heterocycles. The average molecular weight is 615 g/mol. The number of fused-ring (bicyclic) bond motifs is 1. The van der Waals surface area contributed by atoms with E-state index in [1.807, 2.05) is 4.90 Å². The third-order valence-electron chi connectivity index (χ3n) is 6.95. The Morgan fingerprint density at radius 3 is 2.33 bits per heavy atom. The summed E-state index contributed by atoms with van der Waals surface area (Å²) in [6, 6.07) is 13.8. The van der Waals surface area contributed by atoms with E-state index in [1.54, 1.807) is 36.4 Å². The third kappa shape index (κ3) is 5.55. The number of alkyl halides is 3. The van der Waals surface area contributed by atoms with Gasteiger partial charge in [-0.1, -0.05) is 41.4 Å². The largest absolute Gasteiger partial charge is 0.486 e. The number of para-hydroxylation sites is 1. The minimum absolute atomic E-state index is 0.000449. The van der Waals surface area contributed by atoms with Gasteiger partial charge in [0.1, 0.15) is 11.9 Å². The molecule has 2 aliphatic rings. The smallest absolute Gasteiger partial charge is 0.416 e. The Hall–Kier alpha value is -3.15. The predicted octanol–water partition coefficient (Wildman–Crippen LogP) is 6.44. The molecule has 40 heavy (non-hydrogen) atoms. The number of halogens is 5. The van der Waals surface area contributed by atoms with Crippen molar-refractivity contribution in [2.75, 3.05) is 28.8 Å². The molecule has 3 aromatic rings. The normalized spacial score (nSPS) is 17.7. The molecule has 212 valence electrons. The van der Waals surface area contributed by atoms with Gasteiger partial charge in [-0.15, -0.1) is 0 Å². The number of carboxylic acid groups (broad SMARTS) is 1. The van der Waals surface area contributed by atoms with Gasteiger partial charge in [0, 0.05) is 25.4 Å². The van der Waals surface area contributed by atoms with Crippen molar-refractivity contribution in [3.8, 4) is 5.75 Å². The van der Waals surface area contributed by atoms with Gasteiger partial charge in [0.2, 0.25) is 0 Å². The summed E-state index contributed by atoms with van der Waals surface area (Å²) in [7, 11) is -4.47. The number of nitrogens with zero attached hydrogens (tertiary/aromatic N) is 2. The van der Waals surface area contributed by atoms with E-state index in [4.69, 9.17) is 33.0 Å². The van der Waals surface area contributed by atoms with Crippen LogP contribution in [0.3, 0.4) is 0 Å². The molecular formula is C27H23Cl2F3N2O5S. The number of hydrogen-bond donors (Lipinski definition) is 1. The number of aliphatic carboxylic acids is 1. The number of anilines is 2. The summed E-state index contributed by atoms with van der Waals surface area (Å²) in [5, 5.41) is 10.1. The molecule has 1 unspecified atom stereocenters. The van der Waals surface area contributed by atoms with Gasteiger partial charge < -0.3 is 14.7 Å². The second kappa shape index (κ2) is 10.7. The van der Waals surface area contributed by atoms with Crippen molar-refractivity contribution in [3.63, 3.8) is 0 Å². The summed E-state index contributed by atoms with van der Waals surface area (Å²) in [4.78, 5) is 12.6. The van der Waals surface area contributed by atoms with Gasteiger partial charge in [-0.05, 0) is 54.4 Å². The first kappa shape index (κ1) is 28.4. The lowest BCUT2D eigenvalue weighted by Gasteiger charge is -2.43. The van der Waals surface area contributed by atoms with Crippen LogP contribution in [-0.4, -0.2) is 45.2 Å². The second-order valence-corrected chi connectivity index (χ2v) is 12.3. The fraction of sp³-hybridized carbons (Fsp3) is 0.296. The van der Waals surface area contributed by atoms with Crippen LogP contribution in [0.2, 0.25) is 10.0 Å². The van der Waals surface area contributed by atoms with Crippen LogP contribution in [-0.2, 0) is 21.0 Å². The number of hydrogen-bond acceptors (Lipinski definition) is 5. The van der Waals surface area contributed by atoms with Gasteiger partial charge in [0.05, 0.1) is 38.4 Å². The van der Waals surface area contributed by atoms with Gasteiger partial charge in [-0.3, -0.25) is 9.10 Å². The lowest BCUT2D eigenvalue weighted by atomic mass is 9.90. The van der Waals surface area contributed by atoms with Crippen LogP contribution in [0, 0.1) is 0 Å². The molecule has 0 radical (unpaired) electrons. The van der Waals surface area contributed by atoms with Crippen LogP contribution >= 0.6 is 23.2 Å². The van der Waals surface area contributed by atoms with Crippen molar-refractivity contribution >= 4 is 50.6 Å². The molecule has 13 heteroatoms. The lowest BCUT2D eigenvalue weighted by molar-refractivity contribution is -0.138. The predicted molar refractivity (Wildman–Crippen MR) is 145 cm³/mol. The minimum atomic E-state index is -4.73. The van der Waals surface area contributed by atoms with Crippen LogP contribution in [0.1, 0.15) is 29.9 Å². The molecule has 0 saturated carbocycles. The molecule has 0 aromatic heterocycles. The molecule has 3 aromatic carbocycles. The molecule has 0 aliphatic carbocycles. The Labute approximate surface area is 238 Å². The molecular weight excluding hydrogens is 592 g/mol. The van der Waals surface area contributed by atoms with Crippen LogP contribution in [0.5, 0.6) is 5.75 Å². The number of carbonyl (C=O) groups is 1. The molecule has 7 nitrogen and oxygen atoms in total. The third-order valence-corrected chi connectivity index (χ3v) is 9.34. The van der Waals surface area contributed by atoms with Gasteiger partial charge in [-0.2, -0.15) is 13.2 Å². The molecule has 2 heterocycles. The lowest BCUT2D eigenvalue weighted by Crippen LogP contribution is -2.46. The van der Waals surface area contributed by atoms with Crippen LogP contribution in [0.25, 0.3) is 0 Å². The number of sulfonamides is 1. The molecule has 1 saturated heterocycles. The Kier molecular flexibility index (Phi) is 7.58. The zero-order valence-electron chi connectivity index (χ0n) is 20.7. The Morgan fingerprint density at radius 2 is 1.68 bits per heavy atom. The van der Waals surface area contributed by atoms with Gasteiger partial charge in [0.15, 0.2) is 0 Å². The summed E-state index contributed by atoms with van der Waals surface area (Å²) in [5.74, 6) is -0.878. The minimum Gasteiger partial charge on any atom is -0.486 e. The first-order valence-electron chi connectivity index (χ1n) is 12.3. The van der Waals surface area contributed by atoms with Crippen molar-refractivity contribution in [2.24, 2.45) is 0 Å². The molecule has 1 fully saturated rings. The zero-order chi connectivity index (χ0) is 28.8. The molecule has 0 spiro atoms. The van der Waals surface area contributed by atoms with Crippen molar-refractivity contribution in [2.45, 2.75) is 35.9 Å². The van der Waals surface area contributed by atoms with Crippen LogP contribution < -0.4 is 13.9 Å². The van der Waals surface area contributed by atoms with E-state index in [1.165, 1.54) is 0 Å². The molecule has 0 amide bonds. The van der Waals surface area contributed by atoms with E-state index in [0.717, 1.165) is 28.1 Å².